The Balaban J connectivity index is -0.00000000600. The molecule has 0 aliphatic carbocycles. The van der Waals surface area contributed by atoms with Crippen LogP contribution in [0.4, 0.5) is 9.59 Å². The summed E-state index contributed by atoms with van der Waals surface area (Å²) < 4.78 is 0. The van der Waals surface area contributed by atoms with Crippen LogP contribution in [0.3, 0.4) is 0 Å². The van der Waals surface area contributed by atoms with Crippen LogP contribution < -0.4 is 172 Å². The third kappa shape index (κ3) is 245. The van der Waals surface area contributed by atoms with Crippen molar-refractivity contribution >= 4 is 12.3 Å². The molecule has 14 heavy (non-hydrogen) atoms. The fourth-order valence-electron chi connectivity index (χ4n) is 0. The average molecular weight is 280 g/mol. The molecule has 0 radical (unpaired) electrons. The summed E-state index contributed by atoms with van der Waals surface area (Å²) >= 11 is 0. The number of carboxylic acid groups (broad SMARTS) is 4. The van der Waals surface area contributed by atoms with Crippen LogP contribution in [0.25, 0.3) is 0 Å². The van der Waals surface area contributed by atoms with Gasteiger partial charge in [0.2, 0.25) is 0 Å². The van der Waals surface area contributed by atoms with Crippen LogP contribution >= 0.6 is 0 Å². The summed E-state index contributed by atoms with van der Waals surface area (Å²) in [6.45, 7) is 0. The van der Waals surface area contributed by atoms with Crippen molar-refractivity contribution in [2.24, 2.45) is 0 Å². The van der Waals surface area contributed by atoms with Crippen LogP contribution in [0.1, 0.15) is 0 Å². The number of carbonyl (C=O) groups is 2. The van der Waals surface area contributed by atoms with Crippen molar-refractivity contribution < 1.29 is 203 Å². The predicted octanol–water partition coefficient (Wildman–Crippen LogP) is -14.6. The maximum atomic E-state index is 8.56. The third-order valence-electron chi connectivity index (χ3n) is 0. The van der Waals surface area contributed by atoms with E-state index in [0.717, 1.165) is 0 Å². The standard InChI is InChI=1S/2CH2O3.2K.2Na.2H2O/c2*2-1(3)4;;;;;;/h2*(H2,2,3,4);;;;;2*1H2/q;;4*+1;;/p-4. The quantitative estimate of drug-likeness (QED) is 0.410. The summed E-state index contributed by atoms with van der Waals surface area (Å²) in [4.78, 5) is 16.9. The van der Waals surface area contributed by atoms with Crippen LogP contribution in [-0.2, 0) is 0 Å². The maximum Gasteiger partial charge on any atom is 1.00 e. The van der Waals surface area contributed by atoms with Crippen molar-refractivity contribution in [3.05, 3.63) is 0 Å². The number of hydrogen-bond donors (Lipinski definition) is 2. The number of hydrogen-bond acceptors (Lipinski definition) is 6. The van der Waals surface area contributed by atoms with E-state index in [2.05, 4.69) is 0 Å². The minimum Gasteiger partial charge on any atom is -0.870 e. The predicted molar refractivity (Wildman–Crippen MR) is 19.9 cm³/mol. The first-order valence-electron chi connectivity index (χ1n) is 1.26. The molecule has 0 rings (SSSR count). The van der Waals surface area contributed by atoms with E-state index in [1.165, 1.54) is 0 Å². The van der Waals surface area contributed by atoms with Gasteiger partial charge in [-0.2, -0.15) is 0 Å². The van der Waals surface area contributed by atoms with E-state index in [-0.39, 0.29) is 173 Å². The van der Waals surface area contributed by atoms with Gasteiger partial charge in [0.15, 0.2) is 0 Å². The molecule has 0 aromatic rings. The average Bonchev–Trinajstić information content (AvgIpc) is 1.25. The molecule has 0 aliphatic rings. The van der Waals surface area contributed by atoms with Crippen LogP contribution in [0.2, 0.25) is 0 Å². The molecule has 12 heteroatoms. The Hall–Kier alpha value is 3.73. The van der Waals surface area contributed by atoms with Gasteiger partial charge in [-0.05, 0) is 6.16 Å². The smallest absolute Gasteiger partial charge is 0.870 e. The second-order valence-electron chi connectivity index (χ2n) is 0.533. The van der Waals surface area contributed by atoms with Crippen molar-refractivity contribution in [3.8, 4) is 0 Å². The Kier molecular flexibility index (Phi) is 164. The van der Waals surface area contributed by atoms with E-state index < -0.39 is 12.3 Å². The van der Waals surface area contributed by atoms with Gasteiger partial charge in [-0.15, -0.1) is 0 Å². The van der Waals surface area contributed by atoms with Crippen LogP contribution in [-0.4, -0.2) is 33.5 Å². The van der Waals surface area contributed by atoms with Crippen molar-refractivity contribution in [2.45, 2.75) is 0 Å². The zero-order chi connectivity index (χ0) is 7.15. The summed E-state index contributed by atoms with van der Waals surface area (Å²) in [5.41, 5.74) is 0. The van der Waals surface area contributed by atoms with E-state index in [4.69, 9.17) is 30.0 Å². The molecule has 8 nitrogen and oxygen atoms in total. The van der Waals surface area contributed by atoms with Gasteiger partial charge in [0.1, 0.15) is 0 Å². The van der Waals surface area contributed by atoms with E-state index in [1.807, 2.05) is 0 Å². The fourth-order valence-corrected chi connectivity index (χ4v) is 0. The second kappa shape index (κ2) is 43.7. The molecule has 0 saturated carbocycles. The van der Waals surface area contributed by atoms with Gasteiger partial charge in [-0.1, -0.05) is 0 Å². The Morgan fingerprint density at radius 2 is 0.857 bits per heavy atom. The van der Waals surface area contributed by atoms with E-state index in [9.17, 15) is 0 Å². The SMILES string of the molecule is O=C(O)O.O=C([O-])[O-].[K+].[K+].[Na+].[Na+].[OH-].[OH-]. The maximum absolute atomic E-state index is 8.56. The molecule has 0 saturated heterocycles. The van der Waals surface area contributed by atoms with E-state index >= 15 is 0 Å². The fraction of sp³-hybridized carbons (Fsp3) is 0. The molecule has 0 unspecified atom stereocenters. The Labute approximate surface area is 209 Å². The minimum atomic E-state index is -2.33. The molecule has 0 fully saturated rings. The zero-order valence-electron chi connectivity index (χ0n) is 8.42. The first-order chi connectivity index (χ1) is 3.46. The van der Waals surface area contributed by atoms with Crippen molar-refractivity contribution in [3.63, 3.8) is 0 Å². The van der Waals surface area contributed by atoms with Crippen molar-refractivity contribution in [1.29, 1.82) is 0 Å². The monoisotopic (exact) mass is 280 g/mol. The molecule has 64 valence electrons. The molecular weight excluding hydrogens is 276 g/mol. The molecule has 0 heterocycles. The number of rotatable bonds is 0. The first-order valence-corrected chi connectivity index (χ1v) is 1.26. The largest absolute Gasteiger partial charge is 1.00 e. The Bertz CT molecular complexity index is 81.3. The summed E-state index contributed by atoms with van der Waals surface area (Å²) in [6.07, 6.45) is -4.17. The molecule has 0 bridgehead atoms. The van der Waals surface area contributed by atoms with Gasteiger partial charge in [0.25, 0.3) is 0 Å². The zero-order valence-corrected chi connectivity index (χ0v) is 18.7. The Morgan fingerprint density at radius 3 is 0.857 bits per heavy atom. The molecular formula is C2H4K2Na2O8. The van der Waals surface area contributed by atoms with Crippen LogP contribution in [0, 0.1) is 0 Å². The van der Waals surface area contributed by atoms with Crippen LogP contribution in [0.15, 0.2) is 0 Å². The molecule has 0 aromatic heterocycles. The van der Waals surface area contributed by atoms with Crippen molar-refractivity contribution in [2.75, 3.05) is 0 Å². The second-order valence-corrected chi connectivity index (χ2v) is 0.533. The summed E-state index contributed by atoms with van der Waals surface area (Å²) in [5.74, 6) is 0. The molecule has 0 aromatic carbocycles. The van der Waals surface area contributed by atoms with Gasteiger partial charge in [0.05, 0.1) is 0 Å². The van der Waals surface area contributed by atoms with E-state index in [0.29, 0.717) is 0 Å². The summed E-state index contributed by atoms with van der Waals surface area (Å²) in [5, 5.41) is 30.6. The van der Waals surface area contributed by atoms with Gasteiger partial charge < -0.3 is 36.2 Å². The number of carbonyl (C=O) groups excluding carboxylic acids is 1. The van der Waals surface area contributed by atoms with Crippen molar-refractivity contribution in [1.82, 2.24) is 0 Å². The molecule has 0 spiro atoms. The van der Waals surface area contributed by atoms with Gasteiger partial charge in [-0.3, -0.25) is 0 Å². The van der Waals surface area contributed by atoms with Gasteiger partial charge in [0, 0.05) is 0 Å². The third-order valence-corrected chi connectivity index (χ3v) is 0. The molecule has 0 atom stereocenters. The van der Waals surface area contributed by atoms with Gasteiger partial charge in [-0.25, -0.2) is 4.79 Å². The topological polar surface area (TPSA) is 181 Å². The van der Waals surface area contributed by atoms with E-state index in [1.54, 1.807) is 0 Å². The molecule has 0 amide bonds. The molecule has 4 N–H and O–H groups in total. The van der Waals surface area contributed by atoms with Crippen LogP contribution in [0.5, 0.6) is 0 Å². The normalized spacial score (nSPS) is 3.43. The minimum absolute atomic E-state index is 0. The summed E-state index contributed by atoms with van der Waals surface area (Å²) in [6, 6.07) is 0. The summed E-state index contributed by atoms with van der Waals surface area (Å²) in [7, 11) is 0. The first kappa shape index (κ1) is 52.4. The van der Waals surface area contributed by atoms with Gasteiger partial charge >= 0.3 is 168 Å². The Morgan fingerprint density at radius 1 is 0.857 bits per heavy atom. The molecule has 0 aliphatic heterocycles.